The molecule has 26 heavy (non-hydrogen) atoms. The molecule has 0 saturated heterocycles. The molecule has 0 radical (unpaired) electrons. The van der Waals surface area contributed by atoms with Crippen LogP contribution in [0.2, 0.25) is 5.02 Å². The number of pyridine rings is 1. The molecular formula is C18H22Cl3N3O2. The Bertz CT molecular complexity index is 696. The highest BCUT2D eigenvalue weighted by Crippen LogP contribution is 2.32. The molecule has 1 amide bonds. The lowest BCUT2D eigenvalue weighted by Crippen LogP contribution is -2.29. The van der Waals surface area contributed by atoms with Crippen molar-refractivity contribution in [3.8, 4) is 11.6 Å². The van der Waals surface area contributed by atoms with Crippen molar-refractivity contribution in [2.45, 2.75) is 19.3 Å². The first-order chi connectivity index (χ1) is 11.7. The van der Waals surface area contributed by atoms with Crippen molar-refractivity contribution in [1.82, 2.24) is 4.98 Å². The predicted molar refractivity (Wildman–Crippen MR) is 109 cm³/mol. The van der Waals surface area contributed by atoms with Crippen LogP contribution in [-0.4, -0.2) is 17.4 Å². The smallest absolute Gasteiger partial charge is 0.227 e. The molecule has 1 aromatic carbocycles. The third-order valence-corrected chi connectivity index (χ3v) is 4.57. The van der Waals surface area contributed by atoms with Gasteiger partial charge >= 0.3 is 0 Å². The molecule has 2 aromatic rings. The normalized spacial score (nSPS) is 18.4. The summed E-state index contributed by atoms with van der Waals surface area (Å²) in [5.74, 6) is 1.47. The molecule has 3 N–H and O–H groups in total. The highest BCUT2D eigenvalue weighted by Gasteiger charge is 2.31. The number of amides is 1. The van der Waals surface area contributed by atoms with Crippen molar-refractivity contribution in [2.75, 3.05) is 11.9 Å². The first-order valence-electron chi connectivity index (χ1n) is 8.06. The standard InChI is InChI=1S/C18H20ClN3O2.2ClH/c19-13-4-9-17(21-11-13)24-15-7-5-14(6-8-15)22-18(23)16-3-1-2-12(16)10-20;;/h4-9,11-12,16H,1-3,10,20H2,(H,22,23);2*1H/t12-,16-;;/m1../s1. The van der Waals surface area contributed by atoms with Gasteiger partial charge in [-0.2, -0.15) is 0 Å². The fourth-order valence-corrected chi connectivity index (χ4v) is 3.16. The van der Waals surface area contributed by atoms with Crippen LogP contribution in [0.1, 0.15) is 19.3 Å². The van der Waals surface area contributed by atoms with Gasteiger partial charge in [0.2, 0.25) is 11.8 Å². The molecule has 1 aliphatic carbocycles. The quantitative estimate of drug-likeness (QED) is 0.739. The summed E-state index contributed by atoms with van der Waals surface area (Å²) in [6, 6.07) is 10.6. The molecular weight excluding hydrogens is 397 g/mol. The lowest BCUT2D eigenvalue weighted by atomic mass is 9.95. The number of nitrogens with two attached hydrogens (primary N) is 1. The molecule has 1 heterocycles. The molecule has 1 saturated carbocycles. The summed E-state index contributed by atoms with van der Waals surface area (Å²) in [7, 11) is 0. The van der Waals surface area contributed by atoms with Crippen LogP contribution >= 0.6 is 36.4 Å². The SMILES string of the molecule is Cl.Cl.NC[C@H]1CCC[C@H]1C(=O)Nc1ccc(Oc2ccc(Cl)cn2)cc1. The second-order valence-electron chi connectivity index (χ2n) is 5.96. The van der Waals surface area contributed by atoms with Gasteiger partial charge in [0.15, 0.2) is 0 Å². The van der Waals surface area contributed by atoms with E-state index >= 15 is 0 Å². The van der Waals surface area contributed by atoms with Crippen LogP contribution in [-0.2, 0) is 4.79 Å². The van der Waals surface area contributed by atoms with Gasteiger partial charge in [-0.15, -0.1) is 24.8 Å². The van der Waals surface area contributed by atoms with Crippen LogP contribution in [0.5, 0.6) is 11.6 Å². The van der Waals surface area contributed by atoms with Gasteiger partial charge in [0.25, 0.3) is 0 Å². The van der Waals surface area contributed by atoms with Gasteiger partial charge in [-0.05, 0) is 55.6 Å². The van der Waals surface area contributed by atoms with E-state index in [-0.39, 0.29) is 36.6 Å². The molecule has 1 aromatic heterocycles. The zero-order chi connectivity index (χ0) is 16.9. The number of halogens is 3. The number of carbonyl (C=O) groups excluding carboxylic acids is 1. The van der Waals surface area contributed by atoms with Crippen LogP contribution in [0.4, 0.5) is 5.69 Å². The number of nitrogens with zero attached hydrogens (tertiary/aromatic N) is 1. The highest BCUT2D eigenvalue weighted by atomic mass is 35.5. The Morgan fingerprint density at radius 1 is 1.19 bits per heavy atom. The summed E-state index contributed by atoms with van der Waals surface area (Å²) in [6.07, 6.45) is 4.55. The summed E-state index contributed by atoms with van der Waals surface area (Å²) < 4.78 is 5.63. The van der Waals surface area contributed by atoms with Gasteiger partial charge in [-0.1, -0.05) is 18.0 Å². The topological polar surface area (TPSA) is 77.2 Å². The Labute approximate surface area is 170 Å². The first-order valence-corrected chi connectivity index (χ1v) is 8.44. The molecule has 142 valence electrons. The fraction of sp³-hybridized carbons (Fsp3) is 0.333. The zero-order valence-electron chi connectivity index (χ0n) is 14.1. The van der Waals surface area contributed by atoms with E-state index in [2.05, 4.69) is 10.3 Å². The lowest BCUT2D eigenvalue weighted by Gasteiger charge is -2.17. The van der Waals surface area contributed by atoms with Crippen LogP contribution in [0, 0.1) is 11.8 Å². The second-order valence-corrected chi connectivity index (χ2v) is 6.40. The number of hydrogen-bond donors (Lipinski definition) is 2. The third-order valence-electron chi connectivity index (χ3n) is 4.34. The summed E-state index contributed by atoms with van der Waals surface area (Å²) in [4.78, 5) is 16.5. The van der Waals surface area contributed by atoms with Crippen LogP contribution in [0.3, 0.4) is 0 Å². The third kappa shape index (κ3) is 5.74. The zero-order valence-corrected chi connectivity index (χ0v) is 16.4. The average Bonchev–Trinajstić information content (AvgIpc) is 3.07. The molecule has 2 atom stereocenters. The molecule has 0 unspecified atom stereocenters. The van der Waals surface area contributed by atoms with Crippen molar-refractivity contribution >= 4 is 48.0 Å². The van der Waals surface area contributed by atoms with Crippen molar-refractivity contribution in [3.05, 3.63) is 47.6 Å². The lowest BCUT2D eigenvalue weighted by molar-refractivity contribution is -0.120. The molecule has 3 rings (SSSR count). The molecule has 0 bridgehead atoms. The Kier molecular flexibility index (Phi) is 9.16. The van der Waals surface area contributed by atoms with E-state index < -0.39 is 0 Å². The number of nitrogens with one attached hydrogen (secondary N) is 1. The van der Waals surface area contributed by atoms with Crippen LogP contribution in [0.25, 0.3) is 0 Å². The van der Waals surface area contributed by atoms with Crippen LogP contribution < -0.4 is 15.8 Å². The highest BCUT2D eigenvalue weighted by molar-refractivity contribution is 6.30. The summed E-state index contributed by atoms with van der Waals surface area (Å²) >= 11 is 5.79. The van der Waals surface area contributed by atoms with Crippen molar-refractivity contribution in [2.24, 2.45) is 17.6 Å². The van der Waals surface area contributed by atoms with Gasteiger partial charge in [0, 0.05) is 23.9 Å². The number of aromatic nitrogens is 1. The van der Waals surface area contributed by atoms with E-state index in [1.165, 1.54) is 6.20 Å². The van der Waals surface area contributed by atoms with E-state index in [9.17, 15) is 4.79 Å². The average molecular weight is 419 g/mol. The number of rotatable bonds is 5. The first kappa shape index (κ1) is 22.5. The molecule has 5 nitrogen and oxygen atoms in total. The van der Waals surface area contributed by atoms with Crippen molar-refractivity contribution in [1.29, 1.82) is 0 Å². The van der Waals surface area contributed by atoms with Gasteiger partial charge in [-0.3, -0.25) is 4.79 Å². The molecule has 1 aliphatic rings. The summed E-state index contributed by atoms with van der Waals surface area (Å²) in [5.41, 5.74) is 6.50. The summed E-state index contributed by atoms with van der Waals surface area (Å²) in [6.45, 7) is 0.568. The number of anilines is 1. The minimum atomic E-state index is 0. The molecule has 0 spiro atoms. The second kappa shape index (κ2) is 10.6. The maximum Gasteiger partial charge on any atom is 0.227 e. The number of carbonyl (C=O) groups is 1. The predicted octanol–water partition coefficient (Wildman–Crippen LogP) is 4.68. The largest absolute Gasteiger partial charge is 0.439 e. The van der Waals surface area contributed by atoms with Gasteiger partial charge in [-0.25, -0.2) is 4.98 Å². The Morgan fingerprint density at radius 3 is 2.54 bits per heavy atom. The molecule has 1 fully saturated rings. The van der Waals surface area contributed by atoms with Crippen molar-refractivity contribution in [3.63, 3.8) is 0 Å². The minimum Gasteiger partial charge on any atom is -0.439 e. The Balaban J connectivity index is 0.00000169. The maximum atomic E-state index is 12.4. The Morgan fingerprint density at radius 2 is 1.92 bits per heavy atom. The van der Waals surface area contributed by atoms with E-state index in [1.54, 1.807) is 24.3 Å². The molecule has 0 aliphatic heterocycles. The number of ether oxygens (including phenoxy) is 1. The van der Waals surface area contributed by atoms with Gasteiger partial charge in [0.05, 0.1) is 5.02 Å². The minimum absolute atomic E-state index is 0. The van der Waals surface area contributed by atoms with Gasteiger partial charge < -0.3 is 15.8 Å². The van der Waals surface area contributed by atoms with E-state index in [4.69, 9.17) is 22.1 Å². The maximum absolute atomic E-state index is 12.4. The van der Waals surface area contributed by atoms with E-state index in [0.29, 0.717) is 29.1 Å². The van der Waals surface area contributed by atoms with Gasteiger partial charge in [0.1, 0.15) is 5.75 Å². The monoisotopic (exact) mass is 417 g/mol. The van der Waals surface area contributed by atoms with E-state index in [0.717, 1.165) is 24.9 Å². The summed E-state index contributed by atoms with van der Waals surface area (Å²) in [5, 5.41) is 3.52. The number of benzene rings is 1. The molecule has 8 heteroatoms. The Hall–Kier alpha value is -1.53. The fourth-order valence-electron chi connectivity index (χ4n) is 3.05. The van der Waals surface area contributed by atoms with E-state index in [1.807, 2.05) is 12.1 Å². The van der Waals surface area contributed by atoms with Crippen molar-refractivity contribution < 1.29 is 9.53 Å². The van der Waals surface area contributed by atoms with Crippen LogP contribution in [0.15, 0.2) is 42.6 Å². The number of hydrogen-bond acceptors (Lipinski definition) is 4.